The number of hydrogen-bond acceptors (Lipinski definition) is 3. The molecular formula is C13H23NO4. The number of carbonyl (C=O) groups is 2. The maximum Gasteiger partial charge on any atom is 0.303 e. The van der Waals surface area contributed by atoms with E-state index in [-0.39, 0.29) is 18.9 Å². The Bertz CT molecular complexity index is 310. The van der Waals surface area contributed by atoms with Gasteiger partial charge < -0.3 is 15.5 Å². The zero-order valence-corrected chi connectivity index (χ0v) is 11.3. The zero-order valence-electron chi connectivity index (χ0n) is 11.3. The van der Waals surface area contributed by atoms with Gasteiger partial charge in [-0.15, -0.1) is 0 Å². The Morgan fingerprint density at radius 3 is 2.39 bits per heavy atom. The van der Waals surface area contributed by atoms with E-state index in [0.29, 0.717) is 12.3 Å². The van der Waals surface area contributed by atoms with Gasteiger partial charge in [0.15, 0.2) is 5.60 Å². The summed E-state index contributed by atoms with van der Waals surface area (Å²) in [5.41, 5.74) is -1.62. The van der Waals surface area contributed by atoms with Crippen LogP contribution in [0.15, 0.2) is 12.7 Å². The van der Waals surface area contributed by atoms with E-state index < -0.39 is 17.5 Å². The van der Waals surface area contributed by atoms with E-state index in [1.165, 1.54) is 6.92 Å². The first-order chi connectivity index (χ1) is 8.19. The van der Waals surface area contributed by atoms with E-state index >= 15 is 0 Å². The monoisotopic (exact) mass is 257 g/mol. The van der Waals surface area contributed by atoms with Crippen molar-refractivity contribution in [2.75, 3.05) is 6.54 Å². The van der Waals surface area contributed by atoms with Gasteiger partial charge in [0.05, 0.1) is 0 Å². The molecule has 0 spiro atoms. The van der Waals surface area contributed by atoms with Crippen LogP contribution in [-0.2, 0) is 9.59 Å². The lowest BCUT2D eigenvalue weighted by atomic mass is 9.94. The quantitative estimate of drug-likeness (QED) is 0.570. The van der Waals surface area contributed by atoms with Gasteiger partial charge >= 0.3 is 5.97 Å². The van der Waals surface area contributed by atoms with Crippen LogP contribution in [0.25, 0.3) is 0 Å². The first-order valence-corrected chi connectivity index (χ1v) is 6.05. The molecule has 18 heavy (non-hydrogen) atoms. The largest absolute Gasteiger partial charge is 0.481 e. The number of carboxylic acids is 1. The number of rotatable bonds is 8. The Balaban J connectivity index is 4.38. The zero-order chi connectivity index (χ0) is 14.3. The molecule has 2 atom stereocenters. The maximum absolute atomic E-state index is 11.6. The number of aliphatic carboxylic acids is 1. The van der Waals surface area contributed by atoms with Crippen molar-refractivity contribution in [2.45, 2.75) is 39.2 Å². The highest BCUT2D eigenvalue weighted by atomic mass is 16.4. The van der Waals surface area contributed by atoms with Crippen molar-refractivity contribution in [1.82, 2.24) is 5.32 Å². The minimum atomic E-state index is -1.62. The SMILES string of the molecule is C=C[C@@](C)(O)C(=O)NC[C@H](CC(=O)O)CC(C)C. The van der Waals surface area contributed by atoms with E-state index in [9.17, 15) is 14.7 Å². The summed E-state index contributed by atoms with van der Waals surface area (Å²) in [7, 11) is 0. The standard InChI is InChI=1S/C13H23NO4/c1-5-13(4,18)12(17)14-8-10(6-9(2)3)7-11(15)16/h5,9-10,18H,1,6-8H2,2-4H3,(H,14,17)(H,15,16)/t10-,13+/m0/s1. The normalized spacial score (nSPS) is 15.8. The van der Waals surface area contributed by atoms with Crippen LogP contribution in [0, 0.1) is 11.8 Å². The molecule has 3 N–H and O–H groups in total. The van der Waals surface area contributed by atoms with Crippen LogP contribution in [0.3, 0.4) is 0 Å². The Labute approximate surface area is 108 Å². The van der Waals surface area contributed by atoms with Gasteiger partial charge in [-0.3, -0.25) is 9.59 Å². The average molecular weight is 257 g/mol. The first kappa shape index (κ1) is 16.6. The van der Waals surface area contributed by atoms with Crippen molar-refractivity contribution in [3.8, 4) is 0 Å². The number of aliphatic hydroxyl groups is 1. The second-order valence-electron chi connectivity index (χ2n) is 5.16. The topological polar surface area (TPSA) is 86.6 Å². The summed E-state index contributed by atoms with van der Waals surface area (Å²) >= 11 is 0. The fourth-order valence-electron chi connectivity index (χ4n) is 1.66. The molecule has 0 saturated heterocycles. The Kier molecular flexibility index (Phi) is 6.62. The van der Waals surface area contributed by atoms with Crippen LogP contribution >= 0.6 is 0 Å². The van der Waals surface area contributed by atoms with Crippen molar-refractivity contribution >= 4 is 11.9 Å². The van der Waals surface area contributed by atoms with Gasteiger partial charge in [-0.05, 0) is 25.2 Å². The maximum atomic E-state index is 11.6. The molecule has 0 saturated carbocycles. The molecule has 0 aromatic heterocycles. The molecule has 0 rings (SSSR count). The lowest BCUT2D eigenvalue weighted by Crippen LogP contribution is -2.44. The third-order valence-electron chi connectivity index (χ3n) is 2.68. The molecule has 104 valence electrons. The Morgan fingerprint density at radius 1 is 1.44 bits per heavy atom. The predicted molar refractivity (Wildman–Crippen MR) is 69.0 cm³/mol. The number of carbonyl (C=O) groups excluding carboxylic acids is 1. The van der Waals surface area contributed by atoms with Gasteiger partial charge in [-0.25, -0.2) is 0 Å². The number of nitrogens with one attached hydrogen (secondary N) is 1. The average Bonchev–Trinajstić information content (AvgIpc) is 2.23. The lowest BCUT2D eigenvalue weighted by molar-refractivity contribution is -0.139. The second-order valence-corrected chi connectivity index (χ2v) is 5.16. The Hall–Kier alpha value is -1.36. The summed E-state index contributed by atoms with van der Waals surface area (Å²) < 4.78 is 0. The fourth-order valence-corrected chi connectivity index (χ4v) is 1.66. The molecule has 5 heteroatoms. The van der Waals surface area contributed by atoms with E-state index in [4.69, 9.17) is 5.11 Å². The smallest absolute Gasteiger partial charge is 0.303 e. The van der Waals surface area contributed by atoms with Crippen LogP contribution in [0.5, 0.6) is 0 Å². The summed E-state index contributed by atoms with van der Waals surface area (Å²) in [5, 5.41) is 21.0. The van der Waals surface area contributed by atoms with Gasteiger partial charge in [0.2, 0.25) is 0 Å². The molecule has 0 aliphatic carbocycles. The molecule has 0 aliphatic rings. The molecule has 0 radical (unpaired) electrons. The van der Waals surface area contributed by atoms with Crippen LogP contribution in [-0.4, -0.2) is 34.2 Å². The van der Waals surface area contributed by atoms with Crippen molar-refractivity contribution in [3.05, 3.63) is 12.7 Å². The molecular weight excluding hydrogens is 234 g/mol. The molecule has 0 aromatic carbocycles. The highest BCUT2D eigenvalue weighted by Crippen LogP contribution is 2.15. The van der Waals surface area contributed by atoms with E-state index in [0.717, 1.165) is 6.08 Å². The minimum Gasteiger partial charge on any atom is -0.481 e. The highest BCUT2D eigenvalue weighted by molar-refractivity contribution is 5.86. The van der Waals surface area contributed by atoms with Crippen LogP contribution in [0.4, 0.5) is 0 Å². The molecule has 5 nitrogen and oxygen atoms in total. The van der Waals surface area contributed by atoms with E-state index in [1.54, 1.807) is 0 Å². The van der Waals surface area contributed by atoms with Gasteiger partial charge in [0, 0.05) is 13.0 Å². The van der Waals surface area contributed by atoms with Gasteiger partial charge in [0.25, 0.3) is 5.91 Å². The number of hydrogen-bond donors (Lipinski definition) is 3. The molecule has 0 bridgehead atoms. The number of carboxylic acid groups (broad SMARTS) is 1. The fraction of sp³-hybridized carbons (Fsp3) is 0.692. The molecule has 0 fully saturated rings. The van der Waals surface area contributed by atoms with Crippen molar-refractivity contribution in [1.29, 1.82) is 0 Å². The molecule has 0 aliphatic heterocycles. The van der Waals surface area contributed by atoms with E-state index in [2.05, 4.69) is 11.9 Å². The van der Waals surface area contributed by atoms with Crippen molar-refractivity contribution < 1.29 is 19.8 Å². The van der Waals surface area contributed by atoms with Crippen LogP contribution < -0.4 is 5.32 Å². The summed E-state index contributed by atoms with van der Waals surface area (Å²) in [6.07, 6.45) is 1.87. The van der Waals surface area contributed by atoms with Crippen molar-refractivity contribution in [3.63, 3.8) is 0 Å². The molecule has 0 unspecified atom stereocenters. The van der Waals surface area contributed by atoms with Gasteiger partial charge in [-0.2, -0.15) is 0 Å². The summed E-state index contributed by atoms with van der Waals surface area (Å²) in [6.45, 7) is 8.95. The molecule has 1 amide bonds. The summed E-state index contributed by atoms with van der Waals surface area (Å²) in [5.74, 6) is -1.22. The highest BCUT2D eigenvalue weighted by Gasteiger charge is 2.27. The number of amides is 1. The summed E-state index contributed by atoms with van der Waals surface area (Å²) in [4.78, 5) is 22.3. The lowest BCUT2D eigenvalue weighted by Gasteiger charge is -2.22. The Morgan fingerprint density at radius 2 is 2.00 bits per heavy atom. The third-order valence-corrected chi connectivity index (χ3v) is 2.68. The van der Waals surface area contributed by atoms with E-state index in [1.807, 2.05) is 13.8 Å². The third kappa shape index (κ3) is 6.39. The van der Waals surface area contributed by atoms with Gasteiger partial charge in [-0.1, -0.05) is 26.5 Å². The van der Waals surface area contributed by atoms with Gasteiger partial charge in [0.1, 0.15) is 0 Å². The summed E-state index contributed by atoms with van der Waals surface area (Å²) in [6, 6.07) is 0. The minimum absolute atomic E-state index is 0.00862. The second kappa shape index (κ2) is 7.16. The van der Waals surface area contributed by atoms with Crippen molar-refractivity contribution in [2.24, 2.45) is 11.8 Å². The predicted octanol–water partition coefficient (Wildman–Crippen LogP) is 1.18. The molecule has 0 heterocycles. The van der Waals surface area contributed by atoms with Crippen LogP contribution in [0.1, 0.15) is 33.6 Å². The first-order valence-electron chi connectivity index (χ1n) is 6.05. The van der Waals surface area contributed by atoms with Crippen LogP contribution in [0.2, 0.25) is 0 Å². The molecule has 0 aromatic rings.